The van der Waals surface area contributed by atoms with E-state index in [2.05, 4.69) is 5.32 Å². The lowest BCUT2D eigenvalue weighted by atomic mass is 10.2. The molecule has 0 aromatic carbocycles. The molecule has 1 aliphatic rings. The van der Waals surface area contributed by atoms with Crippen LogP contribution in [0.4, 0.5) is 0 Å². The molecule has 0 radical (unpaired) electrons. The zero-order chi connectivity index (χ0) is 6.69. The Balaban J connectivity index is 2.44. The third-order valence-electron chi connectivity index (χ3n) is 1.30. The molecule has 1 unspecified atom stereocenters. The predicted octanol–water partition coefficient (Wildman–Crippen LogP) is 0.139. The summed E-state index contributed by atoms with van der Waals surface area (Å²) in [7, 11) is 0. The molecule has 0 spiro atoms. The highest BCUT2D eigenvalue weighted by atomic mass is 16.6. The summed E-state index contributed by atoms with van der Waals surface area (Å²) in [5.41, 5.74) is 0. The van der Waals surface area contributed by atoms with Gasteiger partial charge < -0.3 is 5.32 Å². The van der Waals surface area contributed by atoms with Crippen LogP contribution in [0.15, 0.2) is 12.3 Å². The van der Waals surface area contributed by atoms with Crippen molar-refractivity contribution in [2.75, 3.05) is 6.54 Å². The average molecular weight is 128 g/mol. The van der Waals surface area contributed by atoms with Crippen molar-refractivity contribution in [2.24, 2.45) is 0 Å². The zero-order valence-corrected chi connectivity index (χ0v) is 4.91. The smallest absolute Gasteiger partial charge is 0.233 e. The first-order chi connectivity index (χ1) is 4.30. The van der Waals surface area contributed by atoms with Crippen molar-refractivity contribution in [1.82, 2.24) is 5.32 Å². The van der Waals surface area contributed by atoms with Crippen LogP contribution in [-0.4, -0.2) is 17.5 Å². The highest BCUT2D eigenvalue weighted by Gasteiger charge is 2.18. The summed E-state index contributed by atoms with van der Waals surface area (Å²) >= 11 is 0. The quantitative estimate of drug-likeness (QED) is 0.403. The SMILES string of the molecule is O=[N+]([O-])C1CC=CNC1. The molecule has 4 nitrogen and oxygen atoms in total. The minimum Gasteiger partial charge on any atom is -0.384 e. The Morgan fingerprint density at radius 1 is 1.78 bits per heavy atom. The van der Waals surface area contributed by atoms with E-state index in [1.54, 1.807) is 12.3 Å². The highest BCUT2D eigenvalue weighted by Crippen LogP contribution is 2.00. The standard InChI is InChI=1S/C5H8N2O2/c8-7(9)5-2-1-3-6-4-5/h1,3,5-6H,2,4H2. The first-order valence-corrected chi connectivity index (χ1v) is 2.82. The van der Waals surface area contributed by atoms with Crippen LogP contribution in [0.25, 0.3) is 0 Å². The van der Waals surface area contributed by atoms with E-state index in [1.165, 1.54) is 0 Å². The fourth-order valence-corrected chi connectivity index (χ4v) is 0.756. The van der Waals surface area contributed by atoms with Crippen molar-refractivity contribution in [3.05, 3.63) is 22.4 Å². The second-order valence-corrected chi connectivity index (χ2v) is 1.99. The van der Waals surface area contributed by atoms with Crippen LogP contribution in [0.5, 0.6) is 0 Å². The molecular formula is C5H8N2O2. The molecule has 1 N–H and O–H groups in total. The molecule has 0 aromatic heterocycles. The lowest BCUT2D eigenvalue weighted by Gasteiger charge is -2.10. The Kier molecular flexibility index (Phi) is 1.67. The van der Waals surface area contributed by atoms with E-state index < -0.39 is 6.04 Å². The largest absolute Gasteiger partial charge is 0.384 e. The zero-order valence-electron chi connectivity index (χ0n) is 4.91. The van der Waals surface area contributed by atoms with Crippen LogP contribution in [-0.2, 0) is 0 Å². The van der Waals surface area contributed by atoms with Crippen LogP contribution < -0.4 is 5.32 Å². The fraction of sp³-hybridized carbons (Fsp3) is 0.600. The van der Waals surface area contributed by atoms with Crippen molar-refractivity contribution in [1.29, 1.82) is 0 Å². The molecule has 1 heterocycles. The molecular weight excluding hydrogens is 120 g/mol. The molecule has 1 atom stereocenters. The molecule has 9 heavy (non-hydrogen) atoms. The van der Waals surface area contributed by atoms with Gasteiger partial charge in [0.1, 0.15) is 0 Å². The first-order valence-electron chi connectivity index (χ1n) is 2.82. The van der Waals surface area contributed by atoms with E-state index >= 15 is 0 Å². The van der Waals surface area contributed by atoms with E-state index in [4.69, 9.17) is 0 Å². The minimum atomic E-state index is -0.421. The lowest BCUT2D eigenvalue weighted by Crippen LogP contribution is -2.32. The van der Waals surface area contributed by atoms with Crippen LogP contribution in [0.2, 0.25) is 0 Å². The van der Waals surface area contributed by atoms with Gasteiger partial charge in [0, 0.05) is 11.3 Å². The second-order valence-electron chi connectivity index (χ2n) is 1.99. The molecule has 0 saturated heterocycles. The minimum absolute atomic E-state index is 0.253. The molecule has 4 heteroatoms. The van der Waals surface area contributed by atoms with Crippen LogP contribution in [0.3, 0.4) is 0 Å². The molecule has 0 aliphatic carbocycles. The monoisotopic (exact) mass is 128 g/mol. The number of hydrogen-bond donors (Lipinski definition) is 1. The van der Waals surface area contributed by atoms with Crippen molar-refractivity contribution >= 4 is 0 Å². The third-order valence-corrected chi connectivity index (χ3v) is 1.30. The topological polar surface area (TPSA) is 55.2 Å². The molecule has 1 rings (SSSR count). The van der Waals surface area contributed by atoms with Gasteiger partial charge in [0.2, 0.25) is 6.04 Å². The molecule has 1 aliphatic heterocycles. The summed E-state index contributed by atoms with van der Waals surface area (Å²) in [4.78, 5) is 9.83. The Morgan fingerprint density at radius 2 is 2.56 bits per heavy atom. The van der Waals surface area contributed by atoms with Gasteiger partial charge in [-0.3, -0.25) is 10.1 Å². The van der Waals surface area contributed by atoms with Gasteiger partial charge in [-0.1, -0.05) is 6.08 Å². The number of nitro groups is 1. The molecule has 0 bridgehead atoms. The van der Waals surface area contributed by atoms with E-state index in [0.717, 1.165) is 0 Å². The van der Waals surface area contributed by atoms with Crippen molar-refractivity contribution in [3.63, 3.8) is 0 Å². The Labute approximate surface area is 52.7 Å². The summed E-state index contributed by atoms with van der Waals surface area (Å²) < 4.78 is 0. The summed E-state index contributed by atoms with van der Waals surface area (Å²) in [6, 6.07) is -0.421. The van der Waals surface area contributed by atoms with E-state index in [9.17, 15) is 10.1 Å². The maximum Gasteiger partial charge on any atom is 0.233 e. The van der Waals surface area contributed by atoms with Gasteiger partial charge in [0.25, 0.3) is 0 Å². The maximum absolute atomic E-state index is 10.1. The van der Waals surface area contributed by atoms with Gasteiger partial charge in [-0.15, -0.1) is 0 Å². The Bertz CT molecular complexity index is 144. The van der Waals surface area contributed by atoms with E-state index in [0.29, 0.717) is 13.0 Å². The van der Waals surface area contributed by atoms with E-state index in [-0.39, 0.29) is 4.92 Å². The predicted molar refractivity (Wildman–Crippen MR) is 32.5 cm³/mol. The van der Waals surface area contributed by atoms with Crippen LogP contribution in [0, 0.1) is 10.1 Å². The molecule has 0 aromatic rings. The number of nitrogens with zero attached hydrogens (tertiary/aromatic N) is 1. The Hall–Kier alpha value is -1.06. The van der Waals surface area contributed by atoms with Gasteiger partial charge >= 0.3 is 0 Å². The maximum atomic E-state index is 10.1. The van der Waals surface area contributed by atoms with Gasteiger partial charge in [-0.05, 0) is 6.20 Å². The van der Waals surface area contributed by atoms with Crippen LogP contribution in [0.1, 0.15) is 6.42 Å². The normalized spacial score (nSPS) is 25.1. The van der Waals surface area contributed by atoms with E-state index in [1.807, 2.05) is 0 Å². The molecule has 0 fully saturated rings. The summed E-state index contributed by atoms with van der Waals surface area (Å²) in [6.07, 6.45) is 4.08. The van der Waals surface area contributed by atoms with Gasteiger partial charge in [0.05, 0.1) is 6.54 Å². The van der Waals surface area contributed by atoms with Gasteiger partial charge in [-0.2, -0.15) is 0 Å². The molecule has 50 valence electrons. The second kappa shape index (κ2) is 2.48. The summed E-state index contributed by atoms with van der Waals surface area (Å²) in [6.45, 7) is 0.462. The van der Waals surface area contributed by atoms with Gasteiger partial charge in [-0.25, -0.2) is 0 Å². The third kappa shape index (κ3) is 1.42. The van der Waals surface area contributed by atoms with Crippen molar-refractivity contribution in [2.45, 2.75) is 12.5 Å². The molecule has 0 saturated carbocycles. The van der Waals surface area contributed by atoms with Gasteiger partial charge in [0.15, 0.2) is 0 Å². The Morgan fingerprint density at radius 3 is 2.89 bits per heavy atom. The lowest BCUT2D eigenvalue weighted by molar-refractivity contribution is -0.519. The van der Waals surface area contributed by atoms with Crippen molar-refractivity contribution in [3.8, 4) is 0 Å². The number of hydrogen-bond acceptors (Lipinski definition) is 3. The highest BCUT2D eigenvalue weighted by molar-refractivity contribution is 4.88. The van der Waals surface area contributed by atoms with Crippen molar-refractivity contribution < 1.29 is 4.92 Å². The van der Waals surface area contributed by atoms with Crippen LogP contribution >= 0.6 is 0 Å². The number of rotatable bonds is 1. The first kappa shape index (κ1) is 6.07. The summed E-state index contributed by atoms with van der Waals surface area (Å²) in [5.74, 6) is 0. The average Bonchev–Trinajstić information content (AvgIpc) is 1.90. The molecule has 0 amide bonds. The summed E-state index contributed by atoms with van der Waals surface area (Å²) in [5, 5.41) is 12.9. The fourth-order valence-electron chi connectivity index (χ4n) is 0.756. The number of nitrogens with one attached hydrogen (secondary N) is 1.